The van der Waals surface area contributed by atoms with E-state index in [1.54, 1.807) is 0 Å². The number of nitrogens with zero attached hydrogens (tertiary/aromatic N) is 1. The summed E-state index contributed by atoms with van der Waals surface area (Å²) < 4.78 is 26.5. The topological polar surface area (TPSA) is 40.5 Å². The molecule has 0 radical (unpaired) electrons. The molecule has 2 rings (SSSR count). The summed E-state index contributed by atoms with van der Waals surface area (Å²) in [5.41, 5.74) is -0.312. The molecule has 0 aliphatic carbocycles. The zero-order valence-electron chi connectivity index (χ0n) is 8.08. The Labute approximate surface area is 98.8 Å². The Balaban J connectivity index is 2.27. The zero-order valence-corrected chi connectivity index (χ0v) is 9.67. The van der Waals surface area contributed by atoms with Crippen molar-refractivity contribution in [3.8, 4) is 0 Å². The molecule has 1 fully saturated rings. The lowest BCUT2D eigenvalue weighted by Gasteiger charge is -2.35. The van der Waals surface area contributed by atoms with Gasteiger partial charge in [0.05, 0.1) is 16.1 Å². The third-order valence-corrected chi connectivity index (χ3v) is 3.00. The largest absolute Gasteiger partial charge is 0.389 e. The van der Waals surface area contributed by atoms with Gasteiger partial charge in [-0.2, -0.15) is 0 Å². The van der Waals surface area contributed by atoms with Crippen molar-refractivity contribution in [2.45, 2.75) is 6.10 Å². The molecule has 1 saturated heterocycles. The van der Waals surface area contributed by atoms with Gasteiger partial charge in [-0.25, -0.2) is 8.78 Å². The number of halogens is 3. The average molecular weight is 292 g/mol. The Morgan fingerprint density at radius 3 is 2.56 bits per heavy atom. The summed E-state index contributed by atoms with van der Waals surface area (Å²) in [7, 11) is 0. The molecule has 0 unspecified atom stereocenters. The first kappa shape index (κ1) is 11.5. The summed E-state index contributed by atoms with van der Waals surface area (Å²) in [4.78, 5) is 12.9. The lowest BCUT2D eigenvalue weighted by molar-refractivity contribution is 0.00556. The fourth-order valence-electron chi connectivity index (χ4n) is 1.48. The highest BCUT2D eigenvalue weighted by Gasteiger charge is 2.31. The van der Waals surface area contributed by atoms with Gasteiger partial charge < -0.3 is 10.0 Å². The van der Waals surface area contributed by atoms with Crippen LogP contribution in [0, 0.1) is 11.6 Å². The van der Waals surface area contributed by atoms with E-state index in [0.29, 0.717) is 0 Å². The van der Waals surface area contributed by atoms with Crippen LogP contribution in [0.15, 0.2) is 16.6 Å². The van der Waals surface area contributed by atoms with Gasteiger partial charge in [-0.3, -0.25) is 4.79 Å². The molecule has 0 atom stereocenters. The van der Waals surface area contributed by atoms with Crippen LogP contribution in [0.25, 0.3) is 0 Å². The summed E-state index contributed by atoms with van der Waals surface area (Å²) in [6, 6.07) is 1.77. The molecule has 1 aromatic rings. The molecule has 16 heavy (non-hydrogen) atoms. The molecule has 1 aliphatic rings. The molecule has 1 aliphatic heterocycles. The predicted molar refractivity (Wildman–Crippen MR) is 56.0 cm³/mol. The summed E-state index contributed by atoms with van der Waals surface area (Å²) in [6.45, 7) is 0.325. The van der Waals surface area contributed by atoms with Crippen molar-refractivity contribution in [3.05, 3.63) is 33.8 Å². The minimum atomic E-state index is -0.778. The number of carbonyl (C=O) groups excluding carboxylic acids is 1. The highest BCUT2D eigenvalue weighted by atomic mass is 79.9. The predicted octanol–water partition coefficient (Wildman–Crippen LogP) is 1.54. The molecule has 6 heteroatoms. The minimum Gasteiger partial charge on any atom is -0.389 e. The minimum absolute atomic E-state index is 0.0230. The molecular weight excluding hydrogens is 284 g/mol. The van der Waals surface area contributed by atoms with Crippen LogP contribution in [0.1, 0.15) is 10.4 Å². The standard InChI is InChI=1S/C10H8BrF2NO2/c11-7-2-8(12)6(1-9(7)13)10(16)14-3-5(15)4-14/h1-2,5,15H,3-4H2. The molecular formula is C10H8BrF2NO2. The number of aliphatic hydroxyl groups is 1. The van der Waals surface area contributed by atoms with Crippen LogP contribution in [-0.2, 0) is 0 Å². The number of likely N-dealkylation sites (tertiary alicyclic amines) is 1. The van der Waals surface area contributed by atoms with E-state index in [2.05, 4.69) is 15.9 Å². The molecule has 1 amide bonds. The van der Waals surface area contributed by atoms with E-state index in [-0.39, 0.29) is 23.1 Å². The van der Waals surface area contributed by atoms with Gasteiger partial charge in [-0.05, 0) is 28.1 Å². The maximum absolute atomic E-state index is 13.4. The normalized spacial score (nSPS) is 16.1. The van der Waals surface area contributed by atoms with E-state index in [1.165, 1.54) is 4.90 Å². The molecule has 0 bridgehead atoms. The van der Waals surface area contributed by atoms with E-state index >= 15 is 0 Å². The van der Waals surface area contributed by atoms with Gasteiger partial charge in [0, 0.05) is 13.1 Å². The van der Waals surface area contributed by atoms with Gasteiger partial charge in [0.15, 0.2) is 0 Å². The van der Waals surface area contributed by atoms with Crippen molar-refractivity contribution < 1.29 is 18.7 Å². The van der Waals surface area contributed by atoms with Crippen molar-refractivity contribution in [2.75, 3.05) is 13.1 Å². The number of β-amino-alcohol motifs (C(OH)–C–C–N with tert-alkyl or cyclic N) is 1. The molecule has 3 nitrogen and oxygen atoms in total. The van der Waals surface area contributed by atoms with E-state index in [0.717, 1.165) is 12.1 Å². The van der Waals surface area contributed by atoms with E-state index < -0.39 is 23.6 Å². The fraction of sp³-hybridized carbons (Fsp3) is 0.300. The highest BCUT2D eigenvalue weighted by Crippen LogP contribution is 2.22. The molecule has 1 N–H and O–H groups in total. The molecule has 0 saturated carbocycles. The number of hydrogen-bond acceptors (Lipinski definition) is 2. The first-order valence-corrected chi connectivity index (χ1v) is 5.40. The second-order valence-electron chi connectivity index (χ2n) is 3.61. The fourth-order valence-corrected chi connectivity index (χ4v) is 1.79. The van der Waals surface area contributed by atoms with Crippen LogP contribution in [-0.4, -0.2) is 35.1 Å². The number of amides is 1. The van der Waals surface area contributed by atoms with Crippen LogP contribution in [0.4, 0.5) is 8.78 Å². The van der Waals surface area contributed by atoms with Crippen molar-refractivity contribution in [1.82, 2.24) is 4.90 Å². The van der Waals surface area contributed by atoms with Gasteiger partial charge in [0.25, 0.3) is 5.91 Å². The molecule has 0 aromatic heterocycles. The molecule has 1 heterocycles. The van der Waals surface area contributed by atoms with E-state index in [4.69, 9.17) is 5.11 Å². The highest BCUT2D eigenvalue weighted by molar-refractivity contribution is 9.10. The Morgan fingerprint density at radius 2 is 2.00 bits per heavy atom. The van der Waals surface area contributed by atoms with E-state index in [9.17, 15) is 13.6 Å². The number of carbonyl (C=O) groups is 1. The summed E-state index contributed by atoms with van der Waals surface area (Å²) >= 11 is 2.83. The Bertz CT molecular complexity index is 447. The average Bonchev–Trinajstić information content (AvgIpc) is 2.18. The summed E-state index contributed by atoms with van der Waals surface area (Å²) in [5.74, 6) is -2.07. The first-order valence-electron chi connectivity index (χ1n) is 4.61. The Kier molecular flexibility index (Phi) is 2.94. The summed E-state index contributed by atoms with van der Waals surface area (Å²) in [5, 5.41) is 9.01. The first-order chi connectivity index (χ1) is 7.49. The van der Waals surface area contributed by atoms with Crippen LogP contribution in [0.2, 0.25) is 0 Å². The maximum Gasteiger partial charge on any atom is 0.257 e. The summed E-state index contributed by atoms with van der Waals surface area (Å²) in [6.07, 6.45) is -0.563. The Morgan fingerprint density at radius 1 is 1.38 bits per heavy atom. The van der Waals surface area contributed by atoms with Crippen molar-refractivity contribution >= 4 is 21.8 Å². The number of rotatable bonds is 1. The van der Waals surface area contributed by atoms with Crippen molar-refractivity contribution in [1.29, 1.82) is 0 Å². The van der Waals surface area contributed by atoms with E-state index in [1.807, 2.05) is 0 Å². The van der Waals surface area contributed by atoms with Gasteiger partial charge in [-0.1, -0.05) is 0 Å². The Hall–Kier alpha value is -1.01. The lowest BCUT2D eigenvalue weighted by atomic mass is 10.1. The molecule has 1 aromatic carbocycles. The smallest absolute Gasteiger partial charge is 0.257 e. The SMILES string of the molecule is O=C(c1cc(F)c(Br)cc1F)N1CC(O)C1. The third kappa shape index (κ3) is 1.94. The second kappa shape index (κ2) is 4.10. The number of benzene rings is 1. The maximum atomic E-state index is 13.4. The van der Waals surface area contributed by atoms with Crippen molar-refractivity contribution in [2.24, 2.45) is 0 Å². The van der Waals surface area contributed by atoms with Crippen LogP contribution >= 0.6 is 15.9 Å². The monoisotopic (exact) mass is 291 g/mol. The second-order valence-corrected chi connectivity index (χ2v) is 4.46. The molecule has 0 spiro atoms. The van der Waals surface area contributed by atoms with Gasteiger partial charge in [-0.15, -0.1) is 0 Å². The van der Waals surface area contributed by atoms with Gasteiger partial charge >= 0.3 is 0 Å². The zero-order chi connectivity index (χ0) is 11.9. The quantitative estimate of drug-likeness (QED) is 0.798. The number of hydrogen-bond donors (Lipinski definition) is 1. The van der Waals surface area contributed by atoms with Gasteiger partial charge in [0.2, 0.25) is 0 Å². The number of aliphatic hydroxyl groups excluding tert-OH is 1. The van der Waals surface area contributed by atoms with Crippen molar-refractivity contribution in [3.63, 3.8) is 0 Å². The van der Waals surface area contributed by atoms with Crippen LogP contribution in [0.5, 0.6) is 0 Å². The van der Waals surface area contributed by atoms with Crippen LogP contribution < -0.4 is 0 Å². The lowest BCUT2D eigenvalue weighted by Crippen LogP contribution is -2.53. The third-order valence-electron chi connectivity index (χ3n) is 2.39. The molecule has 86 valence electrons. The van der Waals surface area contributed by atoms with Gasteiger partial charge in [0.1, 0.15) is 11.6 Å². The van der Waals surface area contributed by atoms with Crippen LogP contribution in [0.3, 0.4) is 0 Å².